The first kappa shape index (κ1) is 16.4. The second-order valence-electron chi connectivity index (χ2n) is 6.09. The van der Waals surface area contributed by atoms with Gasteiger partial charge in [-0.25, -0.2) is 4.39 Å². The number of aryl methyl sites for hydroxylation is 1. The van der Waals surface area contributed by atoms with Crippen LogP contribution in [0.15, 0.2) is 18.2 Å². The number of nitrogens with two attached hydrogens (primary N) is 1. The van der Waals surface area contributed by atoms with Crippen LogP contribution < -0.4 is 11.3 Å². The van der Waals surface area contributed by atoms with E-state index in [-0.39, 0.29) is 17.4 Å². The number of likely N-dealkylation sites (N-methyl/N-ethyl adjacent to an activating group) is 1. The van der Waals surface area contributed by atoms with Crippen molar-refractivity contribution in [1.29, 1.82) is 0 Å². The van der Waals surface area contributed by atoms with E-state index in [1.807, 2.05) is 12.1 Å². The van der Waals surface area contributed by atoms with E-state index >= 15 is 0 Å². The van der Waals surface area contributed by atoms with E-state index in [1.54, 1.807) is 13.0 Å². The fourth-order valence-corrected chi connectivity index (χ4v) is 3.98. The van der Waals surface area contributed by atoms with E-state index in [9.17, 15) is 4.39 Å². The number of nitrogens with zero attached hydrogens (tertiary/aromatic N) is 1. The number of halogens is 1. The highest BCUT2D eigenvalue weighted by atomic mass is 19.1. The zero-order valence-electron chi connectivity index (χ0n) is 13.5. The minimum absolute atomic E-state index is 0.0000515. The lowest BCUT2D eigenvalue weighted by molar-refractivity contribution is 0.0625. The fourth-order valence-electron chi connectivity index (χ4n) is 3.98. The number of rotatable bonds is 6. The van der Waals surface area contributed by atoms with Crippen LogP contribution in [0, 0.1) is 12.7 Å². The molecule has 118 valence electrons. The molecule has 0 bridgehead atoms. The van der Waals surface area contributed by atoms with Gasteiger partial charge in [-0.3, -0.25) is 16.2 Å². The molecule has 0 saturated heterocycles. The van der Waals surface area contributed by atoms with Crippen molar-refractivity contribution in [2.75, 3.05) is 13.1 Å². The fraction of sp³-hybridized carbons (Fsp3) is 0.647. The Kier molecular flexibility index (Phi) is 5.36. The van der Waals surface area contributed by atoms with Gasteiger partial charge in [0.1, 0.15) is 5.82 Å². The van der Waals surface area contributed by atoms with Gasteiger partial charge in [0, 0.05) is 5.54 Å². The van der Waals surface area contributed by atoms with Crippen LogP contribution in [0.3, 0.4) is 0 Å². The van der Waals surface area contributed by atoms with Gasteiger partial charge in [0.15, 0.2) is 0 Å². The van der Waals surface area contributed by atoms with E-state index in [2.05, 4.69) is 24.2 Å². The maximum atomic E-state index is 14.0. The quantitative estimate of drug-likeness (QED) is 0.624. The summed E-state index contributed by atoms with van der Waals surface area (Å²) in [6.07, 6.45) is 4.64. The average Bonchev–Trinajstić information content (AvgIpc) is 2.95. The second kappa shape index (κ2) is 6.86. The van der Waals surface area contributed by atoms with Crippen LogP contribution in [0.5, 0.6) is 0 Å². The molecule has 3 N–H and O–H groups in total. The molecule has 0 aromatic heterocycles. The monoisotopic (exact) mass is 293 g/mol. The molecule has 0 amide bonds. The summed E-state index contributed by atoms with van der Waals surface area (Å²) in [5, 5.41) is 0. The molecule has 1 aromatic carbocycles. The van der Waals surface area contributed by atoms with E-state index in [1.165, 1.54) is 12.8 Å². The van der Waals surface area contributed by atoms with Crippen molar-refractivity contribution in [2.45, 2.75) is 58.0 Å². The van der Waals surface area contributed by atoms with Gasteiger partial charge in [0.05, 0.1) is 6.04 Å². The third-order valence-corrected chi connectivity index (χ3v) is 5.10. The molecule has 1 fully saturated rings. The van der Waals surface area contributed by atoms with Gasteiger partial charge in [0.25, 0.3) is 0 Å². The van der Waals surface area contributed by atoms with E-state index < -0.39 is 0 Å². The Morgan fingerprint density at radius 1 is 1.29 bits per heavy atom. The largest absolute Gasteiger partial charge is 0.296 e. The van der Waals surface area contributed by atoms with Gasteiger partial charge in [-0.1, -0.05) is 38.8 Å². The SMILES string of the molecule is CCN(CC)C1(C(NN)c2ccc(C)c(F)c2)CCCC1. The zero-order valence-corrected chi connectivity index (χ0v) is 13.5. The molecule has 0 aliphatic heterocycles. The number of hydrogen-bond donors (Lipinski definition) is 2. The normalized spacial score (nSPS) is 19.1. The smallest absolute Gasteiger partial charge is 0.126 e. The van der Waals surface area contributed by atoms with Crippen molar-refractivity contribution < 1.29 is 4.39 Å². The van der Waals surface area contributed by atoms with E-state index in [0.717, 1.165) is 31.5 Å². The van der Waals surface area contributed by atoms with Gasteiger partial charge in [-0.15, -0.1) is 0 Å². The molecule has 1 atom stereocenters. The Balaban J connectivity index is 2.42. The lowest BCUT2D eigenvalue weighted by Gasteiger charge is -2.46. The first-order chi connectivity index (χ1) is 10.1. The molecule has 0 spiro atoms. The number of hydrazine groups is 1. The highest BCUT2D eigenvalue weighted by Gasteiger charge is 2.45. The summed E-state index contributed by atoms with van der Waals surface area (Å²) in [7, 11) is 0. The van der Waals surface area contributed by atoms with Crippen LogP contribution in [0.25, 0.3) is 0 Å². The van der Waals surface area contributed by atoms with Gasteiger partial charge >= 0.3 is 0 Å². The van der Waals surface area contributed by atoms with Gasteiger partial charge in [0.2, 0.25) is 0 Å². The number of benzene rings is 1. The summed E-state index contributed by atoms with van der Waals surface area (Å²) in [4.78, 5) is 2.49. The number of nitrogens with one attached hydrogen (secondary N) is 1. The first-order valence-corrected chi connectivity index (χ1v) is 8.06. The van der Waals surface area contributed by atoms with Crippen molar-refractivity contribution in [2.24, 2.45) is 5.84 Å². The molecule has 1 unspecified atom stereocenters. The van der Waals surface area contributed by atoms with Crippen molar-refractivity contribution in [3.05, 3.63) is 35.1 Å². The maximum absolute atomic E-state index is 14.0. The second-order valence-corrected chi connectivity index (χ2v) is 6.09. The molecule has 3 nitrogen and oxygen atoms in total. The first-order valence-electron chi connectivity index (χ1n) is 8.06. The lowest BCUT2D eigenvalue weighted by atomic mass is 9.82. The van der Waals surface area contributed by atoms with Crippen molar-refractivity contribution >= 4 is 0 Å². The van der Waals surface area contributed by atoms with E-state index in [0.29, 0.717) is 5.56 Å². The Hall–Kier alpha value is -0.970. The average molecular weight is 293 g/mol. The molecule has 0 radical (unpaired) electrons. The molecule has 1 aromatic rings. The molecule has 1 saturated carbocycles. The number of hydrogen-bond acceptors (Lipinski definition) is 3. The Morgan fingerprint density at radius 3 is 2.38 bits per heavy atom. The zero-order chi connectivity index (χ0) is 15.5. The molecule has 2 rings (SSSR count). The Labute approximate surface area is 127 Å². The van der Waals surface area contributed by atoms with Crippen LogP contribution in [0.1, 0.15) is 56.7 Å². The topological polar surface area (TPSA) is 41.3 Å². The maximum Gasteiger partial charge on any atom is 0.126 e. The minimum Gasteiger partial charge on any atom is -0.296 e. The highest BCUT2D eigenvalue weighted by Crippen LogP contribution is 2.44. The van der Waals surface area contributed by atoms with Crippen LogP contribution in [-0.4, -0.2) is 23.5 Å². The van der Waals surface area contributed by atoms with Crippen molar-refractivity contribution in [3.63, 3.8) is 0 Å². The summed E-state index contributed by atoms with van der Waals surface area (Å²) in [6.45, 7) is 8.14. The molecule has 4 heteroatoms. The highest BCUT2D eigenvalue weighted by molar-refractivity contribution is 5.29. The van der Waals surface area contributed by atoms with Crippen molar-refractivity contribution in [1.82, 2.24) is 10.3 Å². The lowest BCUT2D eigenvalue weighted by Crippen LogP contribution is -2.56. The predicted octanol–water partition coefficient (Wildman–Crippen LogP) is 3.29. The molecule has 1 aliphatic rings. The van der Waals surface area contributed by atoms with E-state index in [4.69, 9.17) is 5.84 Å². The van der Waals surface area contributed by atoms with Gasteiger partial charge in [-0.05, 0) is 50.0 Å². The summed E-state index contributed by atoms with van der Waals surface area (Å²) >= 11 is 0. The summed E-state index contributed by atoms with van der Waals surface area (Å²) in [5.74, 6) is 5.75. The van der Waals surface area contributed by atoms with Gasteiger partial charge < -0.3 is 0 Å². The Morgan fingerprint density at radius 2 is 1.90 bits per heavy atom. The van der Waals surface area contributed by atoms with Gasteiger partial charge in [-0.2, -0.15) is 0 Å². The summed E-state index contributed by atoms with van der Waals surface area (Å²) in [5.41, 5.74) is 4.62. The Bertz CT molecular complexity index is 465. The molecule has 1 aliphatic carbocycles. The minimum atomic E-state index is -0.152. The molecule has 21 heavy (non-hydrogen) atoms. The summed E-state index contributed by atoms with van der Waals surface area (Å²) < 4.78 is 14.0. The van der Waals surface area contributed by atoms with Crippen LogP contribution in [0.2, 0.25) is 0 Å². The third-order valence-electron chi connectivity index (χ3n) is 5.10. The summed E-state index contributed by atoms with van der Waals surface area (Å²) in [6, 6.07) is 5.46. The molecular formula is C17H28FN3. The standard InChI is InChI=1S/C17H28FN3/c1-4-21(5-2)17(10-6-7-11-17)16(20-19)14-9-8-13(3)15(18)12-14/h8-9,12,16,20H,4-7,10-11,19H2,1-3H3. The van der Waals surface area contributed by atoms with Crippen LogP contribution in [0.4, 0.5) is 4.39 Å². The predicted molar refractivity (Wildman–Crippen MR) is 85.3 cm³/mol. The van der Waals surface area contributed by atoms with Crippen LogP contribution >= 0.6 is 0 Å². The molecule has 0 heterocycles. The van der Waals surface area contributed by atoms with Crippen LogP contribution in [-0.2, 0) is 0 Å². The third kappa shape index (κ3) is 2.98. The molecular weight excluding hydrogens is 265 g/mol. The van der Waals surface area contributed by atoms with Crippen molar-refractivity contribution in [3.8, 4) is 0 Å².